The molecule has 84 valence electrons. The number of nitrogens with zero attached hydrogens (tertiary/aromatic N) is 1. The number of likely N-dealkylation sites (N-methyl/N-ethyl adjacent to an activating group) is 1. The van der Waals surface area contributed by atoms with Gasteiger partial charge in [-0.15, -0.1) is 11.3 Å². The fourth-order valence-electron chi connectivity index (χ4n) is 1.68. The second kappa shape index (κ2) is 5.28. The Hall–Kier alpha value is -0.870. The van der Waals surface area contributed by atoms with E-state index in [2.05, 4.69) is 11.9 Å². The van der Waals surface area contributed by atoms with Gasteiger partial charge in [0.1, 0.15) is 5.84 Å². The molecule has 4 heteroatoms. The Morgan fingerprint density at radius 1 is 1.53 bits per heavy atom. The highest BCUT2D eigenvalue weighted by atomic mass is 32.1. The summed E-state index contributed by atoms with van der Waals surface area (Å²) < 4.78 is 0. The molecule has 0 saturated heterocycles. The van der Waals surface area contributed by atoms with Crippen molar-refractivity contribution in [2.75, 3.05) is 13.6 Å². The van der Waals surface area contributed by atoms with Gasteiger partial charge in [0.2, 0.25) is 0 Å². The second-order valence-corrected chi connectivity index (χ2v) is 4.42. The maximum absolute atomic E-state index is 7.41. The Morgan fingerprint density at radius 2 is 2.20 bits per heavy atom. The highest BCUT2D eigenvalue weighted by molar-refractivity contribution is 7.10. The highest BCUT2D eigenvalue weighted by Gasteiger charge is 2.19. The SMILES string of the molecule is CC.CN1CCc2c(C(=N)N)csc2C1. The minimum Gasteiger partial charge on any atom is -0.384 e. The van der Waals surface area contributed by atoms with Gasteiger partial charge in [0.05, 0.1) is 0 Å². The maximum atomic E-state index is 7.41. The molecule has 0 atom stereocenters. The normalized spacial score (nSPS) is 15.1. The standard InChI is InChI=1S/C9H13N3S.C2H6/c1-12-3-2-6-7(9(10)11)5-13-8(6)4-12;1-2/h5H,2-4H2,1H3,(H3,10,11);1-2H3. The van der Waals surface area contributed by atoms with Gasteiger partial charge in [-0.25, -0.2) is 0 Å². The lowest BCUT2D eigenvalue weighted by Gasteiger charge is -2.22. The molecule has 0 amide bonds. The number of hydrogen-bond donors (Lipinski definition) is 2. The van der Waals surface area contributed by atoms with E-state index in [9.17, 15) is 0 Å². The molecule has 2 rings (SSSR count). The van der Waals surface area contributed by atoms with Gasteiger partial charge in [-0.2, -0.15) is 0 Å². The molecule has 1 aliphatic rings. The Labute approximate surface area is 95.4 Å². The van der Waals surface area contributed by atoms with Crippen molar-refractivity contribution in [2.45, 2.75) is 26.8 Å². The van der Waals surface area contributed by atoms with Crippen molar-refractivity contribution in [1.29, 1.82) is 5.41 Å². The third kappa shape index (κ3) is 2.58. The number of nitrogens with one attached hydrogen (secondary N) is 1. The predicted molar refractivity (Wildman–Crippen MR) is 66.7 cm³/mol. The van der Waals surface area contributed by atoms with Gasteiger partial charge in [0, 0.05) is 28.9 Å². The van der Waals surface area contributed by atoms with Crippen molar-refractivity contribution in [2.24, 2.45) is 5.73 Å². The topological polar surface area (TPSA) is 53.1 Å². The predicted octanol–water partition coefficient (Wildman–Crippen LogP) is 2.05. The largest absolute Gasteiger partial charge is 0.384 e. The third-order valence-corrected chi connectivity index (χ3v) is 3.44. The lowest BCUT2D eigenvalue weighted by Crippen LogP contribution is -2.26. The number of hydrogen-bond acceptors (Lipinski definition) is 3. The van der Waals surface area contributed by atoms with Crippen LogP contribution in [-0.2, 0) is 13.0 Å². The molecule has 0 unspecified atom stereocenters. The number of amidine groups is 1. The third-order valence-electron chi connectivity index (χ3n) is 2.43. The van der Waals surface area contributed by atoms with E-state index in [0.717, 1.165) is 25.1 Å². The molecule has 3 N–H and O–H groups in total. The van der Waals surface area contributed by atoms with Gasteiger partial charge in [0.15, 0.2) is 0 Å². The van der Waals surface area contributed by atoms with Gasteiger partial charge in [-0.3, -0.25) is 5.41 Å². The van der Waals surface area contributed by atoms with Gasteiger partial charge >= 0.3 is 0 Å². The number of nitrogens with two attached hydrogens (primary N) is 1. The van der Waals surface area contributed by atoms with E-state index < -0.39 is 0 Å². The molecule has 0 aromatic carbocycles. The Morgan fingerprint density at radius 3 is 2.80 bits per heavy atom. The fourth-order valence-corrected chi connectivity index (χ4v) is 2.86. The van der Waals surface area contributed by atoms with Crippen LogP contribution in [0.3, 0.4) is 0 Å². The fraction of sp³-hybridized carbons (Fsp3) is 0.545. The van der Waals surface area contributed by atoms with E-state index >= 15 is 0 Å². The highest BCUT2D eigenvalue weighted by Crippen LogP contribution is 2.27. The van der Waals surface area contributed by atoms with E-state index in [-0.39, 0.29) is 5.84 Å². The monoisotopic (exact) mass is 225 g/mol. The van der Waals surface area contributed by atoms with Crippen LogP contribution in [0.4, 0.5) is 0 Å². The van der Waals surface area contributed by atoms with Crippen LogP contribution in [0.1, 0.15) is 29.9 Å². The van der Waals surface area contributed by atoms with Crippen LogP contribution >= 0.6 is 11.3 Å². The zero-order valence-corrected chi connectivity index (χ0v) is 10.4. The molecule has 0 aliphatic carbocycles. The molecular formula is C11H19N3S. The molecule has 1 aliphatic heterocycles. The Balaban J connectivity index is 0.000000531. The lowest BCUT2D eigenvalue weighted by atomic mass is 10.0. The summed E-state index contributed by atoms with van der Waals surface area (Å²) in [6, 6.07) is 0. The Kier molecular flexibility index (Phi) is 4.29. The van der Waals surface area contributed by atoms with Crippen molar-refractivity contribution in [3.8, 4) is 0 Å². The first-order valence-corrected chi connectivity index (χ1v) is 6.18. The molecule has 0 saturated carbocycles. The molecule has 15 heavy (non-hydrogen) atoms. The van der Waals surface area contributed by atoms with Crippen LogP contribution in [0.15, 0.2) is 5.38 Å². The van der Waals surface area contributed by atoms with E-state index in [0.29, 0.717) is 0 Å². The number of fused-ring (bicyclic) bond motifs is 1. The summed E-state index contributed by atoms with van der Waals surface area (Å²) in [6.45, 7) is 6.08. The molecule has 0 radical (unpaired) electrons. The summed E-state index contributed by atoms with van der Waals surface area (Å²) in [6.07, 6.45) is 1.03. The molecule has 3 nitrogen and oxygen atoms in total. The minimum atomic E-state index is 0.210. The molecule has 1 aromatic rings. The molecule has 2 heterocycles. The van der Waals surface area contributed by atoms with Gasteiger partial charge < -0.3 is 10.6 Å². The number of nitrogen functional groups attached to an aromatic ring is 1. The summed E-state index contributed by atoms with van der Waals surface area (Å²) in [7, 11) is 2.12. The zero-order chi connectivity index (χ0) is 11.4. The van der Waals surface area contributed by atoms with Crippen LogP contribution in [-0.4, -0.2) is 24.3 Å². The van der Waals surface area contributed by atoms with Gasteiger partial charge in [0.25, 0.3) is 0 Å². The van der Waals surface area contributed by atoms with E-state index in [1.807, 2.05) is 19.2 Å². The summed E-state index contributed by atoms with van der Waals surface area (Å²) in [4.78, 5) is 3.67. The van der Waals surface area contributed by atoms with Crippen molar-refractivity contribution in [1.82, 2.24) is 4.90 Å². The first-order chi connectivity index (χ1) is 7.18. The average Bonchev–Trinajstić information content (AvgIpc) is 2.63. The Bertz CT molecular complexity index is 344. The van der Waals surface area contributed by atoms with E-state index in [1.54, 1.807) is 11.3 Å². The van der Waals surface area contributed by atoms with Crippen LogP contribution in [0, 0.1) is 5.41 Å². The summed E-state index contributed by atoms with van der Waals surface area (Å²) in [5.74, 6) is 0.210. The van der Waals surface area contributed by atoms with Gasteiger partial charge in [-0.1, -0.05) is 13.8 Å². The van der Waals surface area contributed by atoms with Crippen molar-refractivity contribution >= 4 is 17.2 Å². The van der Waals surface area contributed by atoms with Crippen molar-refractivity contribution < 1.29 is 0 Å². The molecule has 0 bridgehead atoms. The van der Waals surface area contributed by atoms with Crippen molar-refractivity contribution in [3.05, 3.63) is 21.4 Å². The first kappa shape index (κ1) is 12.2. The molecular weight excluding hydrogens is 206 g/mol. The summed E-state index contributed by atoms with van der Waals surface area (Å²) >= 11 is 1.72. The second-order valence-electron chi connectivity index (χ2n) is 3.45. The lowest BCUT2D eigenvalue weighted by molar-refractivity contribution is 0.317. The van der Waals surface area contributed by atoms with Crippen molar-refractivity contribution in [3.63, 3.8) is 0 Å². The summed E-state index contributed by atoms with van der Waals surface area (Å²) in [5, 5.41) is 9.42. The maximum Gasteiger partial charge on any atom is 0.123 e. The molecule has 0 spiro atoms. The van der Waals surface area contributed by atoms with E-state index in [1.165, 1.54) is 10.4 Å². The van der Waals surface area contributed by atoms with Gasteiger partial charge in [-0.05, 0) is 19.0 Å². The average molecular weight is 225 g/mol. The van der Waals surface area contributed by atoms with E-state index in [4.69, 9.17) is 11.1 Å². The minimum absolute atomic E-state index is 0.210. The van der Waals surface area contributed by atoms with Crippen LogP contribution in [0.2, 0.25) is 0 Å². The quantitative estimate of drug-likeness (QED) is 0.567. The number of thiophene rings is 1. The summed E-state index contributed by atoms with van der Waals surface area (Å²) in [5.41, 5.74) is 7.75. The molecule has 0 fully saturated rings. The van der Waals surface area contributed by atoms with Crippen LogP contribution < -0.4 is 5.73 Å². The molecule has 1 aromatic heterocycles. The first-order valence-electron chi connectivity index (χ1n) is 5.30. The zero-order valence-electron chi connectivity index (χ0n) is 9.63. The van der Waals surface area contributed by atoms with Crippen LogP contribution in [0.5, 0.6) is 0 Å². The smallest absolute Gasteiger partial charge is 0.123 e. The number of rotatable bonds is 1. The van der Waals surface area contributed by atoms with Crippen LogP contribution in [0.25, 0.3) is 0 Å².